The van der Waals surface area contributed by atoms with Crippen molar-refractivity contribution in [3.8, 4) is 0 Å². The number of aliphatic hydroxyl groups excluding tert-OH is 1. The molecule has 0 rings (SSSR count). The van der Waals surface area contributed by atoms with Gasteiger partial charge in [0.25, 0.3) is 0 Å². The van der Waals surface area contributed by atoms with Crippen LogP contribution in [0.15, 0.2) is 0 Å². The third-order valence-corrected chi connectivity index (χ3v) is 1.73. The van der Waals surface area contributed by atoms with Crippen molar-refractivity contribution in [2.24, 2.45) is 0 Å². The summed E-state index contributed by atoms with van der Waals surface area (Å²) in [6.45, 7) is 2.92. The van der Waals surface area contributed by atoms with Gasteiger partial charge in [0.2, 0.25) is 0 Å². The molecule has 0 aromatic rings. The summed E-state index contributed by atoms with van der Waals surface area (Å²) >= 11 is 0. The molecule has 0 heterocycles. The maximum absolute atomic E-state index is 11.6. The first-order valence-corrected chi connectivity index (χ1v) is 4.23. The summed E-state index contributed by atoms with van der Waals surface area (Å²) in [7, 11) is 0. The molecule has 0 fully saturated rings. The highest BCUT2D eigenvalue weighted by Crippen LogP contribution is 2.19. The van der Waals surface area contributed by atoms with Gasteiger partial charge in [-0.2, -0.15) is 13.2 Å². The van der Waals surface area contributed by atoms with Crippen LogP contribution in [-0.4, -0.2) is 30.1 Å². The van der Waals surface area contributed by atoms with Gasteiger partial charge in [-0.1, -0.05) is 6.92 Å². The molecule has 0 saturated heterocycles. The van der Waals surface area contributed by atoms with Crippen LogP contribution in [0.1, 0.15) is 26.7 Å². The first-order valence-electron chi connectivity index (χ1n) is 4.23. The molecule has 13 heavy (non-hydrogen) atoms. The van der Waals surface area contributed by atoms with Gasteiger partial charge in [-0.3, -0.25) is 0 Å². The van der Waals surface area contributed by atoms with E-state index in [9.17, 15) is 13.2 Å². The molecule has 0 spiro atoms. The van der Waals surface area contributed by atoms with Crippen molar-refractivity contribution in [2.45, 2.75) is 45.1 Å². The summed E-state index contributed by atoms with van der Waals surface area (Å²) < 4.78 is 39.7. The van der Waals surface area contributed by atoms with E-state index in [1.165, 1.54) is 0 Å². The number of ether oxygens (including phenoxy) is 1. The lowest BCUT2D eigenvalue weighted by Gasteiger charge is -2.18. The predicted octanol–water partition coefficient (Wildman–Crippen LogP) is 2.11. The smallest absolute Gasteiger partial charge is 0.390 e. The quantitative estimate of drug-likeness (QED) is 0.736. The highest BCUT2D eigenvalue weighted by Gasteiger charge is 2.27. The van der Waals surface area contributed by atoms with Crippen LogP contribution in [0.25, 0.3) is 0 Å². The van der Waals surface area contributed by atoms with Gasteiger partial charge in [-0.15, -0.1) is 0 Å². The Morgan fingerprint density at radius 3 is 2.31 bits per heavy atom. The van der Waals surface area contributed by atoms with Gasteiger partial charge >= 0.3 is 6.18 Å². The Hall–Kier alpha value is -0.290. The molecule has 0 radical (unpaired) electrons. The number of aliphatic hydroxyl groups is 1. The molecule has 5 heteroatoms. The summed E-state index contributed by atoms with van der Waals surface area (Å²) in [5.74, 6) is 0. The summed E-state index contributed by atoms with van der Waals surface area (Å²) in [6, 6.07) is 0. The first-order chi connectivity index (χ1) is 5.87. The fourth-order valence-corrected chi connectivity index (χ4v) is 0.804. The summed E-state index contributed by atoms with van der Waals surface area (Å²) in [6.07, 6.45) is -5.89. The fourth-order valence-electron chi connectivity index (χ4n) is 0.804. The van der Waals surface area contributed by atoms with E-state index in [1.54, 1.807) is 13.8 Å². The zero-order chi connectivity index (χ0) is 10.5. The fraction of sp³-hybridized carbons (Fsp3) is 1.00. The van der Waals surface area contributed by atoms with Crippen molar-refractivity contribution < 1.29 is 23.0 Å². The molecule has 2 atom stereocenters. The van der Waals surface area contributed by atoms with Crippen molar-refractivity contribution in [1.29, 1.82) is 0 Å². The molecule has 80 valence electrons. The van der Waals surface area contributed by atoms with Crippen molar-refractivity contribution in [3.05, 3.63) is 0 Å². The maximum atomic E-state index is 11.6. The van der Waals surface area contributed by atoms with Crippen LogP contribution < -0.4 is 0 Å². The van der Waals surface area contributed by atoms with Gasteiger partial charge in [-0.25, -0.2) is 0 Å². The summed E-state index contributed by atoms with van der Waals surface area (Å²) in [5, 5.41) is 9.15. The number of rotatable bonds is 5. The Morgan fingerprint density at radius 1 is 1.38 bits per heavy atom. The number of hydrogen-bond acceptors (Lipinski definition) is 2. The molecule has 0 aromatic carbocycles. The zero-order valence-corrected chi connectivity index (χ0v) is 7.77. The van der Waals surface area contributed by atoms with Gasteiger partial charge < -0.3 is 9.84 Å². The Balaban J connectivity index is 3.53. The molecular weight excluding hydrogens is 185 g/mol. The van der Waals surface area contributed by atoms with E-state index >= 15 is 0 Å². The predicted molar refractivity (Wildman–Crippen MR) is 42.4 cm³/mol. The van der Waals surface area contributed by atoms with Crippen LogP contribution >= 0.6 is 0 Å². The van der Waals surface area contributed by atoms with Gasteiger partial charge in [0, 0.05) is 0 Å². The van der Waals surface area contributed by atoms with Gasteiger partial charge in [0.1, 0.15) is 0 Å². The minimum Gasteiger partial charge on any atom is -0.390 e. The van der Waals surface area contributed by atoms with Crippen molar-refractivity contribution >= 4 is 0 Å². The minimum atomic E-state index is -4.18. The molecule has 0 amide bonds. The monoisotopic (exact) mass is 200 g/mol. The average molecular weight is 200 g/mol. The molecular formula is C8H15F3O2. The van der Waals surface area contributed by atoms with E-state index < -0.39 is 24.8 Å². The third kappa shape index (κ3) is 6.83. The molecule has 0 aromatic heterocycles. The molecule has 2 nitrogen and oxygen atoms in total. The van der Waals surface area contributed by atoms with Gasteiger partial charge in [0.15, 0.2) is 0 Å². The normalized spacial score (nSPS) is 17.1. The van der Waals surface area contributed by atoms with Crippen LogP contribution in [0.4, 0.5) is 13.2 Å². The van der Waals surface area contributed by atoms with Crippen molar-refractivity contribution in [3.63, 3.8) is 0 Å². The number of hydrogen-bond donors (Lipinski definition) is 1. The second-order valence-corrected chi connectivity index (χ2v) is 2.92. The van der Waals surface area contributed by atoms with Crippen LogP contribution in [0, 0.1) is 0 Å². The first kappa shape index (κ1) is 12.7. The Morgan fingerprint density at radius 2 is 1.92 bits per heavy atom. The highest BCUT2D eigenvalue weighted by atomic mass is 19.4. The highest BCUT2D eigenvalue weighted by molar-refractivity contribution is 4.61. The Labute approximate surface area is 75.7 Å². The van der Waals surface area contributed by atoms with Crippen molar-refractivity contribution in [2.75, 3.05) is 6.61 Å². The van der Waals surface area contributed by atoms with E-state index in [0.717, 1.165) is 0 Å². The molecule has 1 N–H and O–H groups in total. The van der Waals surface area contributed by atoms with E-state index in [2.05, 4.69) is 0 Å². The van der Waals surface area contributed by atoms with Crippen LogP contribution in [0.5, 0.6) is 0 Å². The summed E-state index contributed by atoms with van der Waals surface area (Å²) in [5.41, 5.74) is 0. The van der Waals surface area contributed by atoms with Gasteiger partial charge in [-0.05, 0) is 13.3 Å². The lowest BCUT2D eigenvalue weighted by molar-refractivity contribution is -0.152. The SMILES string of the molecule is CCC(O)C(C)OCCC(F)(F)F. The lowest BCUT2D eigenvalue weighted by Crippen LogP contribution is -2.26. The molecule has 0 saturated carbocycles. The number of halogens is 3. The second kappa shape index (κ2) is 5.44. The minimum absolute atomic E-state index is 0.387. The topological polar surface area (TPSA) is 29.5 Å². The van der Waals surface area contributed by atoms with Crippen molar-refractivity contribution in [1.82, 2.24) is 0 Å². The van der Waals surface area contributed by atoms with E-state index in [1.807, 2.05) is 0 Å². The second-order valence-electron chi connectivity index (χ2n) is 2.92. The summed E-state index contributed by atoms with van der Waals surface area (Å²) in [4.78, 5) is 0. The Bertz CT molecular complexity index is 136. The third-order valence-electron chi connectivity index (χ3n) is 1.73. The molecule has 0 aliphatic rings. The van der Waals surface area contributed by atoms with E-state index in [4.69, 9.17) is 9.84 Å². The van der Waals surface area contributed by atoms with Gasteiger partial charge in [0.05, 0.1) is 25.2 Å². The molecule has 0 aliphatic heterocycles. The van der Waals surface area contributed by atoms with Crippen LogP contribution in [-0.2, 0) is 4.74 Å². The number of alkyl halides is 3. The van der Waals surface area contributed by atoms with E-state index in [-0.39, 0.29) is 6.61 Å². The molecule has 0 aliphatic carbocycles. The average Bonchev–Trinajstić information content (AvgIpc) is 2.00. The van der Waals surface area contributed by atoms with E-state index in [0.29, 0.717) is 6.42 Å². The van der Waals surface area contributed by atoms with Crippen LogP contribution in [0.2, 0.25) is 0 Å². The zero-order valence-electron chi connectivity index (χ0n) is 7.77. The Kier molecular flexibility index (Phi) is 5.32. The standard InChI is InChI=1S/C8H15F3O2/c1-3-7(12)6(2)13-5-4-8(9,10)11/h6-7,12H,3-5H2,1-2H3. The maximum Gasteiger partial charge on any atom is 0.391 e. The lowest BCUT2D eigenvalue weighted by atomic mass is 10.2. The largest absolute Gasteiger partial charge is 0.391 e. The molecule has 2 unspecified atom stereocenters. The van der Waals surface area contributed by atoms with Crippen LogP contribution in [0.3, 0.4) is 0 Å². The molecule has 0 bridgehead atoms.